The molecule has 0 aromatic heterocycles. The highest BCUT2D eigenvalue weighted by molar-refractivity contribution is 5.82. The molecule has 1 heterocycles. The Kier molecular flexibility index (Phi) is 3.92. The fraction of sp³-hybridized carbons (Fsp3) is 0.500. The maximum atomic E-state index is 12.5. The minimum absolute atomic E-state index is 0.0723. The van der Waals surface area contributed by atoms with E-state index in [0.717, 1.165) is 16.0 Å². The summed E-state index contributed by atoms with van der Waals surface area (Å²) in [6, 6.07) is 5.48. The van der Waals surface area contributed by atoms with Gasteiger partial charge in [0.2, 0.25) is 0 Å². The van der Waals surface area contributed by atoms with Crippen molar-refractivity contribution in [2.24, 2.45) is 0 Å². The van der Waals surface area contributed by atoms with E-state index in [4.69, 9.17) is 4.74 Å². The summed E-state index contributed by atoms with van der Waals surface area (Å²) in [5.74, 6) is -1.22. The molecule has 0 saturated carbocycles. The van der Waals surface area contributed by atoms with Crippen molar-refractivity contribution < 1.29 is 22.7 Å². The van der Waals surface area contributed by atoms with Crippen LogP contribution in [0.4, 0.5) is 13.2 Å². The minimum Gasteiger partial charge on any atom is -0.497 e. The van der Waals surface area contributed by atoms with Gasteiger partial charge in [-0.3, -0.25) is 4.79 Å². The number of nitrogens with zero attached hydrogens (tertiary/aromatic N) is 1. The maximum absolute atomic E-state index is 12.5. The summed E-state index contributed by atoms with van der Waals surface area (Å²) in [5, 5.41) is 0. The van der Waals surface area contributed by atoms with Crippen LogP contribution < -0.4 is 4.74 Å². The van der Waals surface area contributed by atoms with Crippen LogP contribution in [0.2, 0.25) is 0 Å². The zero-order valence-corrected chi connectivity index (χ0v) is 11.3. The molecule has 20 heavy (non-hydrogen) atoms. The van der Waals surface area contributed by atoms with Crippen LogP contribution in [0.3, 0.4) is 0 Å². The van der Waals surface area contributed by atoms with Crippen LogP contribution in [0.1, 0.15) is 24.0 Å². The van der Waals surface area contributed by atoms with Crippen molar-refractivity contribution in [2.45, 2.75) is 25.4 Å². The predicted octanol–water partition coefficient (Wildman–Crippen LogP) is 2.75. The van der Waals surface area contributed by atoms with Crippen molar-refractivity contribution in [3.63, 3.8) is 0 Å². The van der Waals surface area contributed by atoms with E-state index in [-0.39, 0.29) is 19.0 Å². The second kappa shape index (κ2) is 5.34. The molecule has 110 valence electrons. The highest BCUT2D eigenvalue weighted by atomic mass is 19.4. The van der Waals surface area contributed by atoms with E-state index in [1.165, 1.54) is 0 Å². The van der Waals surface area contributed by atoms with Gasteiger partial charge >= 0.3 is 12.1 Å². The Morgan fingerprint density at radius 2 is 2.10 bits per heavy atom. The first-order valence-electron chi connectivity index (χ1n) is 6.36. The van der Waals surface area contributed by atoms with Crippen LogP contribution in [0.25, 0.3) is 0 Å². The monoisotopic (exact) mass is 287 g/mol. The van der Waals surface area contributed by atoms with Gasteiger partial charge in [0, 0.05) is 13.1 Å². The zero-order valence-electron chi connectivity index (χ0n) is 11.3. The summed E-state index contributed by atoms with van der Waals surface area (Å²) < 4.78 is 42.7. The van der Waals surface area contributed by atoms with E-state index < -0.39 is 12.1 Å². The van der Waals surface area contributed by atoms with Crippen LogP contribution in [-0.2, 0) is 11.2 Å². The molecule has 0 unspecified atom stereocenters. The Balaban J connectivity index is 2.25. The summed E-state index contributed by atoms with van der Waals surface area (Å²) in [6.07, 6.45) is -4.41. The van der Waals surface area contributed by atoms with Crippen LogP contribution >= 0.6 is 0 Å². The number of amides is 1. The highest BCUT2D eigenvalue weighted by Crippen LogP contribution is 2.30. The van der Waals surface area contributed by atoms with Gasteiger partial charge < -0.3 is 9.64 Å². The van der Waals surface area contributed by atoms with E-state index in [1.54, 1.807) is 13.2 Å². The quantitative estimate of drug-likeness (QED) is 0.795. The number of hydrogen-bond acceptors (Lipinski definition) is 2. The molecule has 6 heteroatoms. The summed E-state index contributed by atoms with van der Waals surface area (Å²) >= 11 is 0. The molecule has 1 aliphatic heterocycles. The van der Waals surface area contributed by atoms with Crippen LogP contribution in [0, 0.1) is 0 Å². The smallest absolute Gasteiger partial charge is 0.471 e. The number of ether oxygens (including phenoxy) is 1. The van der Waals surface area contributed by atoms with E-state index >= 15 is 0 Å². The highest BCUT2D eigenvalue weighted by Gasteiger charge is 2.43. The third kappa shape index (κ3) is 2.89. The van der Waals surface area contributed by atoms with Gasteiger partial charge in [0.05, 0.1) is 7.11 Å². The molecule has 1 amide bonds. The lowest BCUT2D eigenvalue weighted by molar-refractivity contribution is -0.185. The molecule has 3 nitrogen and oxygen atoms in total. The first kappa shape index (κ1) is 14.7. The minimum atomic E-state index is -4.81. The lowest BCUT2D eigenvalue weighted by atomic mass is 9.95. The Labute approximate surface area is 115 Å². The molecule has 0 saturated heterocycles. The number of benzene rings is 1. The number of alkyl halides is 3. The Morgan fingerprint density at radius 1 is 1.40 bits per heavy atom. The molecule has 0 aliphatic carbocycles. The predicted molar refractivity (Wildman–Crippen MR) is 67.7 cm³/mol. The number of rotatable bonds is 1. The topological polar surface area (TPSA) is 29.5 Å². The Morgan fingerprint density at radius 3 is 2.70 bits per heavy atom. The molecule has 2 rings (SSSR count). The first-order valence-corrected chi connectivity index (χ1v) is 6.36. The van der Waals surface area contributed by atoms with Crippen molar-refractivity contribution >= 4 is 5.91 Å². The van der Waals surface area contributed by atoms with Gasteiger partial charge in [0.25, 0.3) is 0 Å². The number of fused-ring (bicyclic) bond motifs is 1. The molecule has 0 fully saturated rings. The van der Waals surface area contributed by atoms with E-state index in [0.29, 0.717) is 12.2 Å². The van der Waals surface area contributed by atoms with E-state index in [2.05, 4.69) is 0 Å². The van der Waals surface area contributed by atoms with Crippen LogP contribution in [0.15, 0.2) is 18.2 Å². The SMILES string of the molecule is COc1ccc2c(c1)CCN(C(=O)C(F)(F)F)C[C@H]2C. The van der Waals surface area contributed by atoms with Crippen molar-refractivity contribution in [1.82, 2.24) is 4.90 Å². The fourth-order valence-corrected chi connectivity index (χ4v) is 2.55. The average molecular weight is 287 g/mol. The van der Waals surface area contributed by atoms with Crippen molar-refractivity contribution in [1.29, 1.82) is 0 Å². The molecule has 1 aliphatic rings. The van der Waals surface area contributed by atoms with Crippen molar-refractivity contribution in [3.05, 3.63) is 29.3 Å². The number of halogens is 3. The lowest BCUT2D eigenvalue weighted by Crippen LogP contribution is -2.42. The van der Waals surface area contributed by atoms with Gasteiger partial charge in [-0.2, -0.15) is 13.2 Å². The average Bonchev–Trinajstić information content (AvgIpc) is 2.56. The van der Waals surface area contributed by atoms with Gasteiger partial charge in [-0.15, -0.1) is 0 Å². The summed E-state index contributed by atoms with van der Waals surface area (Å²) in [5.41, 5.74) is 1.91. The second-order valence-electron chi connectivity index (χ2n) is 4.96. The molecule has 0 N–H and O–H groups in total. The molecular formula is C14H16F3NO2. The number of carbonyl (C=O) groups is 1. The molecule has 0 radical (unpaired) electrons. The molecule has 1 aromatic rings. The van der Waals surface area contributed by atoms with Crippen LogP contribution in [-0.4, -0.2) is 37.2 Å². The number of methoxy groups -OCH3 is 1. The first-order chi connectivity index (χ1) is 9.32. The second-order valence-corrected chi connectivity index (χ2v) is 4.96. The van der Waals surface area contributed by atoms with Crippen LogP contribution in [0.5, 0.6) is 5.75 Å². The van der Waals surface area contributed by atoms with E-state index in [1.807, 2.05) is 19.1 Å². The third-order valence-electron chi connectivity index (χ3n) is 3.56. The van der Waals surface area contributed by atoms with Gasteiger partial charge in [-0.05, 0) is 35.6 Å². The van der Waals surface area contributed by atoms with Crippen molar-refractivity contribution in [3.8, 4) is 5.75 Å². The number of carbonyl (C=O) groups excluding carboxylic acids is 1. The number of hydrogen-bond donors (Lipinski definition) is 0. The Bertz CT molecular complexity index is 514. The van der Waals surface area contributed by atoms with Gasteiger partial charge in [-0.25, -0.2) is 0 Å². The normalized spacial score (nSPS) is 19.2. The van der Waals surface area contributed by atoms with Gasteiger partial charge in [0.1, 0.15) is 5.75 Å². The van der Waals surface area contributed by atoms with Gasteiger partial charge in [0.15, 0.2) is 0 Å². The molecular weight excluding hydrogens is 271 g/mol. The van der Waals surface area contributed by atoms with Crippen molar-refractivity contribution in [2.75, 3.05) is 20.2 Å². The molecule has 1 aromatic carbocycles. The summed E-state index contributed by atoms with van der Waals surface area (Å²) in [6.45, 7) is 1.98. The summed E-state index contributed by atoms with van der Waals surface area (Å²) in [4.78, 5) is 12.3. The lowest BCUT2D eigenvalue weighted by Gasteiger charge is -2.23. The summed E-state index contributed by atoms with van der Waals surface area (Å²) in [7, 11) is 1.54. The largest absolute Gasteiger partial charge is 0.497 e. The molecule has 1 atom stereocenters. The Hall–Kier alpha value is -1.72. The van der Waals surface area contributed by atoms with Gasteiger partial charge in [-0.1, -0.05) is 13.0 Å². The zero-order chi connectivity index (χ0) is 14.9. The molecule has 0 bridgehead atoms. The fourth-order valence-electron chi connectivity index (χ4n) is 2.55. The van der Waals surface area contributed by atoms with E-state index in [9.17, 15) is 18.0 Å². The molecule has 0 spiro atoms. The standard InChI is InChI=1S/C14H16F3NO2/c1-9-8-18(13(19)14(15,16)17)6-5-10-7-11(20-2)3-4-12(9)10/h3-4,7,9H,5-6,8H2,1-2H3/t9-/m1/s1. The maximum Gasteiger partial charge on any atom is 0.471 e. The third-order valence-corrected chi connectivity index (χ3v) is 3.56.